The quantitative estimate of drug-likeness (QED) is 0.860. The number of nitrogens with zero attached hydrogens (tertiary/aromatic N) is 3. The Morgan fingerprint density at radius 3 is 3.00 bits per heavy atom. The van der Waals surface area contributed by atoms with Crippen LogP contribution in [0.1, 0.15) is 23.0 Å². The molecule has 0 fully saturated rings. The van der Waals surface area contributed by atoms with Crippen LogP contribution >= 0.6 is 11.3 Å². The summed E-state index contributed by atoms with van der Waals surface area (Å²) in [7, 11) is 3.98. The van der Waals surface area contributed by atoms with Crippen LogP contribution in [0.3, 0.4) is 0 Å². The van der Waals surface area contributed by atoms with Crippen LogP contribution in [0.25, 0.3) is 0 Å². The average molecular weight is 236 g/mol. The highest BCUT2D eigenvalue weighted by Gasteiger charge is 2.11. The SMILES string of the molecule is CNC(CCc1ccnn1C)c1cncs1. The average Bonchev–Trinajstić information content (AvgIpc) is 2.92. The van der Waals surface area contributed by atoms with Crippen LogP contribution in [-0.4, -0.2) is 21.8 Å². The minimum absolute atomic E-state index is 0.391. The fraction of sp³-hybridized carbons (Fsp3) is 0.455. The number of hydrogen-bond donors (Lipinski definition) is 1. The molecule has 2 heterocycles. The minimum atomic E-state index is 0.391. The van der Waals surface area contributed by atoms with Crippen LogP contribution < -0.4 is 5.32 Å². The maximum absolute atomic E-state index is 4.17. The third-order valence-corrected chi connectivity index (χ3v) is 3.64. The molecule has 1 atom stereocenters. The van der Waals surface area contributed by atoms with Crippen LogP contribution in [0.2, 0.25) is 0 Å². The molecular weight excluding hydrogens is 220 g/mol. The number of rotatable bonds is 5. The lowest BCUT2D eigenvalue weighted by molar-refractivity contribution is 0.542. The molecule has 16 heavy (non-hydrogen) atoms. The Bertz CT molecular complexity index is 421. The molecule has 0 aliphatic heterocycles. The lowest BCUT2D eigenvalue weighted by atomic mass is 10.1. The summed E-state index contributed by atoms with van der Waals surface area (Å²) in [6.45, 7) is 0. The number of thiazole rings is 1. The van der Waals surface area contributed by atoms with Crippen molar-refractivity contribution in [3.05, 3.63) is 34.5 Å². The van der Waals surface area contributed by atoms with Crippen molar-refractivity contribution in [2.75, 3.05) is 7.05 Å². The zero-order valence-corrected chi connectivity index (χ0v) is 10.4. The Hall–Kier alpha value is -1.20. The van der Waals surface area contributed by atoms with Gasteiger partial charge in [-0.2, -0.15) is 5.10 Å². The maximum Gasteiger partial charge on any atom is 0.0794 e. The van der Waals surface area contributed by atoms with Gasteiger partial charge in [0, 0.05) is 36.1 Å². The van der Waals surface area contributed by atoms with Gasteiger partial charge >= 0.3 is 0 Å². The Balaban J connectivity index is 1.96. The molecule has 2 rings (SSSR count). The molecule has 0 radical (unpaired) electrons. The molecule has 5 heteroatoms. The molecule has 0 amide bonds. The minimum Gasteiger partial charge on any atom is -0.312 e. The number of nitrogens with one attached hydrogen (secondary N) is 1. The van der Waals surface area contributed by atoms with E-state index in [4.69, 9.17) is 0 Å². The first kappa shape index (κ1) is 11.3. The second kappa shape index (κ2) is 5.23. The van der Waals surface area contributed by atoms with Crippen molar-refractivity contribution in [3.63, 3.8) is 0 Å². The van der Waals surface area contributed by atoms with Crippen LogP contribution in [-0.2, 0) is 13.5 Å². The van der Waals surface area contributed by atoms with Gasteiger partial charge in [0.1, 0.15) is 0 Å². The first-order valence-electron chi connectivity index (χ1n) is 5.34. The van der Waals surface area contributed by atoms with Crippen molar-refractivity contribution in [3.8, 4) is 0 Å². The highest BCUT2D eigenvalue weighted by atomic mass is 32.1. The summed E-state index contributed by atoms with van der Waals surface area (Å²) in [6.07, 6.45) is 5.88. The lowest BCUT2D eigenvalue weighted by Gasteiger charge is -2.13. The predicted molar refractivity (Wildman–Crippen MR) is 65.4 cm³/mol. The molecule has 4 nitrogen and oxygen atoms in total. The molecule has 0 aliphatic rings. The van der Waals surface area contributed by atoms with Gasteiger partial charge < -0.3 is 5.32 Å². The van der Waals surface area contributed by atoms with Crippen LogP contribution in [0, 0.1) is 0 Å². The second-order valence-corrected chi connectivity index (χ2v) is 4.65. The van der Waals surface area contributed by atoms with E-state index in [0.717, 1.165) is 12.8 Å². The van der Waals surface area contributed by atoms with E-state index in [0.29, 0.717) is 6.04 Å². The van der Waals surface area contributed by atoms with Gasteiger partial charge in [-0.25, -0.2) is 0 Å². The van der Waals surface area contributed by atoms with E-state index in [1.165, 1.54) is 10.6 Å². The van der Waals surface area contributed by atoms with Crippen molar-refractivity contribution < 1.29 is 0 Å². The number of aromatic nitrogens is 3. The summed E-state index contributed by atoms with van der Waals surface area (Å²) in [5.74, 6) is 0. The van der Waals surface area contributed by atoms with Gasteiger partial charge in [0.25, 0.3) is 0 Å². The fourth-order valence-electron chi connectivity index (χ4n) is 1.77. The zero-order chi connectivity index (χ0) is 11.4. The molecule has 2 aromatic rings. The fourth-order valence-corrected chi connectivity index (χ4v) is 2.53. The molecule has 0 aromatic carbocycles. The standard InChI is InChI=1S/C11H16N4S/c1-12-10(11-7-13-8-16-11)4-3-9-5-6-14-15(9)2/h5-8,10,12H,3-4H2,1-2H3. The van der Waals surface area contributed by atoms with E-state index in [1.807, 2.05) is 36.7 Å². The molecule has 0 aliphatic carbocycles. The molecule has 0 bridgehead atoms. The van der Waals surface area contributed by atoms with Gasteiger partial charge in [0.05, 0.1) is 5.51 Å². The molecule has 0 saturated heterocycles. The van der Waals surface area contributed by atoms with E-state index >= 15 is 0 Å². The Morgan fingerprint density at radius 2 is 2.44 bits per heavy atom. The van der Waals surface area contributed by atoms with E-state index in [2.05, 4.69) is 21.5 Å². The summed E-state index contributed by atoms with van der Waals surface area (Å²) in [4.78, 5) is 5.41. The van der Waals surface area contributed by atoms with E-state index in [1.54, 1.807) is 11.3 Å². The van der Waals surface area contributed by atoms with Gasteiger partial charge in [-0.15, -0.1) is 11.3 Å². The first-order valence-corrected chi connectivity index (χ1v) is 6.21. The summed E-state index contributed by atoms with van der Waals surface area (Å²) < 4.78 is 1.93. The Labute approximate surface area is 99.3 Å². The highest BCUT2D eigenvalue weighted by molar-refractivity contribution is 7.09. The van der Waals surface area contributed by atoms with Crippen molar-refractivity contribution in [2.24, 2.45) is 7.05 Å². The molecule has 86 valence electrons. The van der Waals surface area contributed by atoms with E-state index in [-0.39, 0.29) is 0 Å². The summed E-state index contributed by atoms with van der Waals surface area (Å²) in [5.41, 5.74) is 3.15. The molecule has 0 saturated carbocycles. The second-order valence-electron chi connectivity index (χ2n) is 3.73. The smallest absolute Gasteiger partial charge is 0.0794 e. The molecule has 1 unspecified atom stereocenters. The summed E-state index contributed by atoms with van der Waals surface area (Å²) in [6, 6.07) is 2.46. The van der Waals surface area contributed by atoms with E-state index < -0.39 is 0 Å². The largest absolute Gasteiger partial charge is 0.312 e. The van der Waals surface area contributed by atoms with Crippen molar-refractivity contribution in [1.82, 2.24) is 20.1 Å². The zero-order valence-electron chi connectivity index (χ0n) is 9.55. The van der Waals surface area contributed by atoms with Gasteiger partial charge in [0.2, 0.25) is 0 Å². The highest BCUT2D eigenvalue weighted by Crippen LogP contribution is 2.21. The maximum atomic E-state index is 4.17. The normalized spacial score (nSPS) is 12.9. The van der Waals surface area contributed by atoms with Crippen LogP contribution in [0.15, 0.2) is 24.0 Å². The molecule has 2 aromatic heterocycles. The van der Waals surface area contributed by atoms with Crippen molar-refractivity contribution in [1.29, 1.82) is 0 Å². The van der Waals surface area contributed by atoms with Crippen LogP contribution in [0.4, 0.5) is 0 Å². The number of hydrogen-bond acceptors (Lipinski definition) is 4. The predicted octanol–water partition coefficient (Wildman–Crippen LogP) is 1.77. The topological polar surface area (TPSA) is 42.7 Å². The molecule has 1 N–H and O–H groups in total. The van der Waals surface area contributed by atoms with Gasteiger partial charge in [0.15, 0.2) is 0 Å². The Kier molecular flexibility index (Phi) is 3.69. The van der Waals surface area contributed by atoms with Gasteiger partial charge in [-0.05, 0) is 26.0 Å². The van der Waals surface area contributed by atoms with Crippen molar-refractivity contribution in [2.45, 2.75) is 18.9 Å². The molecular formula is C11H16N4S. The number of aryl methyl sites for hydroxylation is 2. The third-order valence-electron chi connectivity index (χ3n) is 2.75. The first-order chi connectivity index (χ1) is 7.81. The van der Waals surface area contributed by atoms with Crippen LogP contribution in [0.5, 0.6) is 0 Å². The van der Waals surface area contributed by atoms with Gasteiger partial charge in [-0.1, -0.05) is 0 Å². The van der Waals surface area contributed by atoms with Crippen molar-refractivity contribution >= 4 is 11.3 Å². The third kappa shape index (κ3) is 2.48. The summed E-state index contributed by atoms with van der Waals surface area (Å²) >= 11 is 1.70. The van der Waals surface area contributed by atoms with E-state index in [9.17, 15) is 0 Å². The lowest BCUT2D eigenvalue weighted by Crippen LogP contribution is -2.16. The summed E-state index contributed by atoms with van der Waals surface area (Å²) in [5, 5.41) is 7.50. The van der Waals surface area contributed by atoms with Gasteiger partial charge in [-0.3, -0.25) is 9.67 Å². The monoisotopic (exact) mass is 236 g/mol. The molecule has 0 spiro atoms. The Morgan fingerprint density at radius 1 is 1.56 bits per heavy atom.